The second-order valence-electron chi connectivity index (χ2n) is 7.53. The Bertz CT molecular complexity index is 1120. The minimum atomic E-state index is -3.91. The minimum Gasteiger partial charge on any atom is -0.295 e. The van der Waals surface area contributed by atoms with E-state index in [1.165, 1.54) is 53.7 Å². The SMILES string of the molecule is CC(=O)c1cccc(S(=O)(=O)Nc2ccc(S(=O)(=O)N(C)C3CCCCC3)cc2)c1. The Morgan fingerprint density at radius 1 is 0.933 bits per heavy atom. The maximum Gasteiger partial charge on any atom is 0.261 e. The van der Waals surface area contributed by atoms with Gasteiger partial charge in [-0.3, -0.25) is 9.52 Å². The average molecular weight is 451 g/mol. The van der Waals surface area contributed by atoms with Crippen LogP contribution in [0.2, 0.25) is 0 Å². The van der Waals surface area contributed by atoms with Gasteiger partial charge in [-0.1, -0.05) is 31.4 Å². The summed E-state index contributed by atoms with van der Waals surface area (Å²) in [5, 5.41) is 0. The molecule has 1 saturated carbocycles. The smallest absolute Gasteiger partial charge is 0.261 e. The van der Waals surface area contributed by atoms with Crippen LogP contribution >= 0.6 is 0 Å². The molecule has 0 bridgehead atoms. The van der Waals surface area contributed by atoms with Crippen molar-refractivity contribution in [3.63, 3.8) is 0 Å². The Kier molecular flexibility index (Phi) is 6.64. The highest BCUT2D eigenvalue weighted by Gasteiger charge is 2.29. The number of hydrogen-bond acceptors (Lipinski definition) is 5. The lowest BCUT2D eigenvalue weighted by Crippen LogP contribution is -2.38. The molecule has 0 amide bonds. The summed E-state index contributed by atoms with van der Waals surface area (Å²) in [7, 11) is -5.96. The molecular formula is C21H26N2O5S2. The number of anilines is 1. The first-order chi connectivity index (χ1) is 14.1. The third-order valence-electron chi connectivity index (χ3n) is 5.42. The van der Waals surface area contributed by atoms with Crippen molar-refractivity contribution in [1.29, 1.82) is 0 Å². The number of carbonyl (C=O) groups excluding carboxylic acids is 1. The van der Waals surface area contributed by atoms with Gasteiger partial charge < -0.3 is 0 Å². The zero-order chi connectivity index (χ0) is 21.9. The van der Waals surface area contributed by atoms with Crippen LogP contribution in [0.3, 0.4) is 0 Å². The first kappa shape index (κ1) is 22.5. The molecule has 1 fully saturated rings. The van der Waals surface area contributed by atoms with Crippen molar-refractivity contribution >= 4 is 31.5 Å². The van der Waals surface area contributed by atoms with Crippen molar-refractivity contribution in [2.24, 2.45) is 0 Å². The summed E-state index contributed by atoms with van der Waals surface area (Å²) in [5.74, 6) is -0.233. The third-order valence-corrected chi connectivity index (χ3v) is 8.73. The Morgan fingerprint density at radius 2 is 1.57 bits per heavy atom. The van der Waals surface area contributed by atoms with Gasteiger partial charge in [0, 0.05) is 24.3 Å². The summed E-state index contributed by atoms with van der Waals surface area (Å²) >= 11 is 0. The van der Waals surface area contributed by atoms with Crippen LogP contribution in [0.5, 0.6) is 0 Å². The van der Waals surface area contributed by atoms with Crippen LogP contribution in [-0.2, 0) is 20.0 Å². The molecule has 2 aromatic rings. The normalized spacial score (nSPS) is 15.8. The van der Waals surface area contributed by atoms with Gasteiger partial charge in [0.2, 0.25) is 10.0 Å². The number of rotatable bonds is 7. The van der Waals surface area contributed by atoms with Crippen LogP contribution in [0.25, 0.3) is 0 Å². The fourth-order valence-corrected chi connectivity index (χ4v) is 6.12. The van der Waals surface area contributed by atoms with Crippen LogP contribution in [0, 0.1) is 0 Å². The predicted molar refractivity (Wildman–Crippen MR) is 116 cm³/mol. The molecule has 0 spiro atoms. The second kappa shape index (κ2) is 8.87. The molecule has 0 atom stereocenters. The summed E-state index contributed by atoms with van der Waals surface area (Å²) in [4.78, 5) is 11.6. The number of ketones is 1. The lowest BCUT2D eigenvalue weighted by atomic mass is 9.96. The molecule has 0 aromatic heterocycles. The van der Waals surface area contributed by atoms with Crippen molar-refractivity contribution in [3.05, 3.63) is 54.1 Å². The number of sulfonamides is 2. The van der Waals surface area contributed by atoms with Gasteiger partial charge in [0.1, 0.15) is 0 Å². The average Bonchev–Trinajstić information content (AvgIpc) is 2.74. The van der Waals surface area contributed by atoms with Crippen LogP contribution in [0.15, 0.2) is 58.3 Å². The summed E-state index contributed by atoms with van der Waals surface area (Å²) < 4.78 is 54.9. The van der Waals surface area contributed by atoms with E-state index in [1.54, 1.807) is 13.1 Å². The van der Waals surface area contributed by atoms with Crippen molar-refractivity contribution in [3.8, 4) is 0 Å². The van der Waals surface area contributed by atoms with Gasteiger partial charge in [-0.2, -0.15) is 4.31 Å². The number of hydrogen-bond donors (Lipinski definition) is 1. The highest BCUT2D eigenvalue weighted by molar-refractivity contribution is 7.92. The molecule has 0 aliphatic heterocycles. The first-order valence-electron chi connectivity index (χ1n) is 9.83. The minimum absolute atomic E-state index is 0.00418. The number of nitrogens with one attached hydrogen (secondary N) is 1. The lowest BCUT2D eigenvalue weighted by molar-refractivity contribution is 0.101. The van der Waals surface area contributed by atoms with E-state index < -0.39 is 20.0 Å². The highest BCUT2D eigenvalue weighted by Crippen LogP contribution is 2.27. The molecule has 0 heterocycles. The monoisotopic (exact) mass is 450 g/mol. The third kappa shape index (κ3) is 4.91. The van der Waals surface area contributed by atoms with E-state index in [0.717, 1.165) is 32.1 Å². The molecular weight excluding hydrogens is 424 g/mol. The summed E-state index contributed by atoms with van der Waals surface area (Å²) in [6.07, 6.45) is 4.89. The molecule has 9 heteroatoms. The van der Waals surface area contributed by atoms with E-state index in [0.29, 0.717) is 5.56 Å². The van der Waals surface area contributed by atoms with Gasteiger partial charge in [-0.25, -0.2) is 16.8 Å². The quantitative estimate of drug-likeness (QED) is 0.649. The number of carbonyl (C=O) groups is 1. The topological polar surface area (TPSA) is 101 Å². The molecule has 0 saturated heterocycles. The molecule has 1 N–H and O–H groups in total. The lowest BCUT2D eigenvalue weighted by Gasteiger charge is -2.30. The van der Waals surface area contributed by atoms with E-state index >= 15 is 0 Å². The number of benzene rings is 2. The fraction of sp³-hybridized carbons (Fsp3) is 0.381. The van der Waals surface area contributed by atoms with E-state index in [2.05, 4.69) is 4.72 Å². The van der Waals surface area contributed by atoms with E-state index in [4.69, 9.17) is 0 Å². The van der Waals surface area contributed by atoms with Gasteiger partial charge in [0.25, 0.3) is 10.0 Å². The summed E-state index contributed by atoms with van der Waals surface area (Å²) in [6.45, 7) is 1.36. The fourth-order valence-electron chi connectivity index (χ4n) is 3.60. The second-order valence-corrected chi connectivity index (χ2v) is 11.2. The molecule has 30 heavy (non-hydrogen) atoms. The maximum atomic E-state index is 12.9. The predicted octanol–water partition coefficient (Wildman–Crippen LogP) is 3.64. The van der Waals surface area contributed by atoms with E-state index in [-0.39, 0.29) is 27.3 Å². The molecule has 1 aliphatic carbocycles. The molecule has 2 aromatic carbocycles. The Balaban J connectivity index is 1.78. The molecule has 0 unspecified atom stereocenters. The van der Waals surface area contributed by atoms with E-state index in [1.807, 2.05) is 0 Å². The van der Waals surface area contributed by atoms with Crippen molar-refractivity contribution < 1.29 is 21.6 Å². The van der Waals surface area contributed by atoms with Gasteiger partial charge in [0.05, 0.1) is 9.79 Å². The van der Waals surface area contributed by atoms with Crippen molar-refractivity contribution in [2.45, 2.75) is 54.9 Å². The van der Waals surface area contributed by atoms with Gasteiger partial charge in [-0.05, 0) is 56.2 Å². The zero-order valence-corrected chi connectivity index (χ0v) is 18.7. The van der Waals surface area contributed by atoms with Crippen molar-refractivity contribution in [1.82, 2.24) is 4.31 Å². The molecule has 7 nitrogen and oxygen atoms in total. The van der Waals surface area contributed by atoms with Gasteiger partial charge >= 0.3 is 0 Å². The molecule has 162 valence electrons. The largest absolute Gasteiger partial charge is 0.295 e. The Morgan fingerprint density at radius 3 is 2.17 bits per heavy atom. The van der Waals surface area contributed by atoms with Crippen molar-refractivity contribution in [2.75, 3.05) is 11.8 Å². The molecule has 3 rings (SSSR count). The Labute approximate surface area is 178 Å². The van der Waals surface area contributed by atoms with E-state index in [9.17, 15) is 21.6 Å². The van der Waals surface area contributed by atoms with Crippen LogP contribution in [0.4, 0.5) is 5.69 Å². The molecule has 1 aliphatic rings. The van der Waals surface area contributed by atoms with Crippen LogP contribution < -0.4 is 4.72 Å². The van der Waals surface area contributed by atoms with Gasteiger partial charge in [-0.15, -0.1) is 0 Å². The summed E-state index contributed by atoms with van der Waals surface area (Å²) in [6, 6.07) is 11.4. The zero-order valence-electron chi connectivity index (χ0n) is 17.0. The summed E-state index contributed by atoms with van der Waals surface area (Å²) in [5.41, 5.74) is 0.535. The first-order valence-corrected chi connectivity index (χ1v) is 12.8. The number of Topliss-reactive ketones (excluding diaryl/α,β-unsaturated/α-hetero) is 1. The molecule has 0 radical (unpaired) electrons. The Hall–Kier alpha value is -2.23. The van der Waals surface area contributed by atoms with Crippen LogP contribution in [-0.4, -0.2) is 40.0 Å². The number of nitrogens with zero attached hydrogens (tertiary/aromatic N) is 1. The van der Waals surface area contributed by atoms with Gasteiger partial charge in [0.15, 0.2) is 5.78 Å². The standard InChI is InChI=1S/C21H26N2O5S2/c1-16(24)17-7-6-10-21(15-17)29(25,26)22-18-11-13-20(14-12-18)30(27,28)23(2)19-8-4-3-5-9-19/h6-7,10-15,19,22H,3-5,8-9H2,1-2H3. The highest BCUT2D eigenvalue weighted by atomic mass is 32.2. The maximum absolute atomic E-state index is 12.9. The van der Waals surface area contributed by atoms with Crippen LogP contribution in [0.1, 0.15) is 49.4 Å².